The van der Waals surface area contributed by atoms with Gasteiger partial charge in [0.15, 0.2) is 6.61 Å². The summed E-state index contributed by atoms with van der Waals surface area (Å²) >= 11 is 3.66. The number of hydrogen-bond donors (Lipinski definition) is 2. The van der Waals surface area contributed by atoms with Gasteiger partial charge in [0, 0.05) is 0 Å². The van der Waals surface area contributed by atoms with Crippen LogP contribution < -0.4 is 4.74 Å². The smallest absolute Gasteiger partial charge is 0.402 e. The second-order valence-electron chi connectivity index (χ2n) is 5.39. The van der Waals surface area contributed by atoms with Crippen LogP contribution in [0.25, 0.3) is 0 Å². The molecule has 0 unspecified atom stereocenters. The number of hydrogen-bond acceptors (Lipinski definition) is 7. The summed E-state index contributed by atoms with van der Waals surface area (Å²) in [6, 6.07) is 7.56. The molecule has 0 aliphatic heterocycles. The highest BCUT2D eigenvalue weighted by Gasteiger charge is 2.45. The molecule has 2 aromatic carbocycles. The molecule has 0 aliphatic rings. The Morgan fingerprint density at radius 3 is 2.17 bits per heavy atom. The summed E-state index contributed by atoms with van der Waals surface area (Å²) in [5.41, 5.74) is -0.173. The van der Waals surface area contributed by atoms with E-state index in [0.29, 0.717) is 7.14 Å². The van der Waals surface area contributed by atoms with Crippen LogP contribution in [0.1, 0.15) is 20.7 Å². The minimum atomic E-state index is -5.74. The van der Waals surface area contributed by atoms with E-state index in [4.69, 9.17) is 9.29 Å². The van der Waals surface area contributed by atoms with Crippen molar-refractivity contribution in [2.75, 3.05) is 6.61 Å². The zero-order chi connectivity index (χ0) is 22.0. The van der Waals surface area contributed by atoms with E-state index < -0.39 is 33.9 Å². The molecule has 0 radical (unpaired) electrons. The molecule has 0 amide bonds. The maximum atomic E-state index is 13.1. The number of carbonyl (C=O) groups is 2. The van der Waals surface area contributed by atoms with E-state index in [1.807, 2.05) is 45.2 Å². The molecule has 0 fully saturated rings. The Hall–Kier alpha value is -1.59. The Labute approximate surface area is 190 Å². The largest absolute Gasteiger partial charge is 0.506 e. The van der Waals surface area contributed by atoms with Crippen molar-refractivity contribution in [3.63, 3.8) is 0 Å². The van der Waals surface area contributed by atoms with Gasteiger partial charge in [-0.25, -0.2) is 9.59 Å². The van der Waals surface area contributed by atoms with Crippen molar-refractivity contribution in [2.45, 2.75) is 5.25 Å². The summed E-state index contributed by atoms with van der Waals surface area (Å²) in [5, 5.41) is 5.07. The lowest BCUT2D eigenvalue weighted by Crippen LogP contribution is -2.34. The molecule has 2 rings (SSSR count). The van der Waals surface area contributed by atoms with Crippen LogP contribution in [-0.2, 0) is 14.9 Å². The predicted molar refractivity (Wildman–Crippen MR) is 112 cm³/mol. The van der Waals surface area contributed by atoms with Gasteiger partial charge in [-0.15, -0.1) is 0 Å². The quantitative estimate of drug-likeness (QED) is 0.210. The van der Waals surface area contributed by atoms with Crippen LogP contribution in [0.4, 0.5) is 8.78 Å². The van der Waals surface area contributed by atoms with Gasteiger partial charge in [-0.1, -0.05) is 6.07 Å². The minimum absolute atomic E-state index is 0.00851. The van der Waals surface area contributed by atoms with E-state index in [1.54, 1.807) is 0 Å². The molecule has 0 spiro atoms. The summed E-state index contributed by atoms with van der Waals surface area (Å²) in [4.78, 5) is 24.1. The van der Waals surface area contributed by atoms with E-state index >= 15 is 0 Å². The van der Waals surface area contributed by atoms with Crippen LogP contribution >= 0.6 is 45.2 Å². The molecule has 0 aliphatic carbocycles. The second-order valence-corrected chi connectivity index (χ2v) is 9.27. The minimum Gasteiger partial charge on any atom is -0.506 e. The van der Waals surface area contributed by atoms with Gasteiger partial charge in [0.2, 0.25) is 0 Å². The van der Waals surface area contributed by atoms with Gasteiger partial charge >= 0.3 is 27.3 Å². The molecule has 2 N–H and O–H groups in total. The molecule has 156 valence electrons. The Morgan fingerprint density at radius 1 is 1.03 bits per heavy atom. The summed E-state index contributed by atoms with van der Waals surface area (Å²) in [7, 11) is -5.74. The van der Waals surface area contributed by atoms with Gasteiger partial charge in [-0.2, -0.15) is 17.2 Å². The fourth-order valence-electron chi connectivity index (χ4n) is 1.84. The predicted octanol–water partition coefficient (Wildman–Crippen LogP) is 3.46. The van der Waals surface area contributed by atoms with Gasteiger partial charge in [-0.3, -0.25) is 4.55 Å². The van der Waals surface area contributed by atoms with Gasteiger partial charge in [-0.05, 0) is 75.5 Å². The summed E-state index contributed by atoms with van der Waals surface area (Å²) in [6.45, 7) is -1.89. The molecular formula is C16H10F2I2O8S. The third-order valence-corrected chi connectivity index (χ3v) is 5.80. The zero-order valence-electron chi connectivity index (χ0n) is 13.9. The average Bonchev–Trinajstić information content (AvgIpc) is 2.63. The molecule has 0 bridgehead atoms. The molecule has 29 heavy (non-hydrogen) atoms. The first-order valence-corrected chi connectivity index (χ1v) is 10.9. The topological polar surface area (TPSA) is 127 Å². The number of halogens is 4. The molecule has 13 heteroatoms. The molecule has 0 saturated carbocycles. The molecule has 0 heterocycles. The molecule has 8 nitrogen and oxygen atoms in total. The van der Waals surface area contributed by atoms with Crippen molar-refractivity contribution in [1.82, 2.24) is 0 Å². The summed E-state index contributed by atoms with van der Waals surface area (Å²) in [6.07, 6.45) is 0. The maximum absolute atomic E-state index is 13.1. The summed E-state index contributed by atoms with van der Waals surface area (Å²) < 4.78 is 65.9. The summed E-state index contributed by atoms with van der Waals surface area (Å²) in [5.74, 6) is -2.22. The average molecular weight is 654 g/mol. The van der Waals surface area contributed by atoms with E-state index in [2.05, 4.69) is 4.74 Å². The first-order chi connectivity index (χ1) is 13.3. The molecule has 0 aromatic heterocycles. The number of benzene rings is 2. The molecule has 0 saturated heterocycles. The van der Waals surface area contributed by atoms with Gasteiger partial charge in [0.25, 0.3) is 0 Å². The van der Waals surface area contributed by atoms with E-state index in [0.717, 1.165) is 12.1 Å². The van der Waals surface area contributed by atoms with Crippen LogP contribution in [0.3, 0.4) is 0 Å². The molecular weight excluding hydrogens is 644 g/mol. The van der Waals surface area contributed by atoms with Crippen molar-refractivity contribution in [1.29, 1.82) is 0 Å². The SMILES string of the molecule is O=C(OCC(F)(F)S(=O)(=O)O)c1cccc(OC(=O)c2cc(I)c(O)c(I)c2)c1. The third kappa shape index (κ3) is 5.95. The number of rotatable bonds is 6. The standard InChI is InChI=1S/C16H10F2I2O8S/c17-16(18,29(24,25)26)7-27-14(22)8-2-1-3-10(4-8)28-15(23)9-5-11(19)13(21)12(20)6-9/h1-6,21H,7H2,(H,24,25,26). The number of aromatic hydroxyl groups is 1. The Balaban J connectivity index is 2.13. The fraction of sp³-hybridized carbons (Fsp3) is 0.125. The van der Waals surface area contributed by atoms with Crippen LogP contribution in [0.5, 0.6) is 11.5 Å². The van der Waals surface area contributed by atoms with Gasteiger partial charge in [0.05, 0.1) is 18.3 Å². The van der Waals surface area contributed by atoms with Gasteiger partial charge in [0.1, 0.15) is 11.5 Å². The highest BCUT2D eigenvalue weighted by atomic mass is 127. The Kier molecular flexibility index (Phi) is 7.39. The lowest BCUT2D eigenvalue weighted by Gasteiger charge is -2.13. The van der Waals surface area contributed by atoms with Crippen molar-refractivity contribution in [3.05, 3.63) is 54.7 Å². The fourth-order valence-corrected chi connectivity index (χ4v) is 3.82. The van der Waals surface area contributed by atoms with E-state index in [1.165, 1.54) is 24.3 Å². The van der Waals surface area contributed by atoms with Gasteiger partial charge < -0.3 is 14.6 Å². The lowest BCUT2D eigenvalue weighted by atomic mass is 10.2. The lowest BCUT2D eigenvalue weighted by molar-refractivity contribution is -0.00952. The normalized spacial score (nSPS) is 11.8. The zero-order valence-corrected chi connectivity index (χ0v) is 19.1. The van der Waals surface area contributed by atoms with Crippen molar-refractivity contribution >= 4 is 67.2 Å². The number of phenolic OH excluding ortho intramolecular Hbond substituents is 1. The molecule has 0 atom stereocenters. The Morgan fingerprint density at radius 2 is 1.62 bits per heavy atom. The first kappa shape index (κ1) is 23.7. The highest BCUT2D eigenvalue weighted by Crippen LogP contribution is 2.28. The third-order valence-electron chi connectivity index (χ3n) is 3.28. The number of ether oxygens (including phenoxy) is 2. The van der Waals surface area contributed by atoms with Crippen molar-refractivity contribution < 1.29 is 45.9 Å². The first-order valence-electron chi connectivity index (χ1n) is 7.34. The maximum Gasteiger partial charge on any atom is 0.402 e. The number of phenols is 1. The van der Waals surface area contributed by atoms with Crippen molar-refractivity contribution in [3.8, 4) is 11.5 Å². The van der Waals surface area contributed by atoms with E-state index in [9.17, 15) is 31.9 Å². The highest BCUT2D eigenvalue weighted by molar-refractivity contribution is 14.1. The second kappa shape index (κ2) is 9.05. The van der Waals surface area contributed by atoms with Crippen LogP contribution in [0.2, 0.25) is 0 Å². The number of esters is 2. The molecule has 2 aromatic rings. The number of alkyl halides is 2. The number of carbonyl (C=O) groups excluding carboxylic acids is 2. The van der Waals surface area contributed by atoms with Crippen LogP contribution in [0, 0.1) is 7.14 Å². The van der Waals surface area contributed by atoms with Crippen LogP contribution in [0.15, 0.2) is 36.4 Å². The van der Waals surface area contributed by atoms with Crippen molar-refractivity contribution in [2.24, 2.45) is 0 Å². The Bertz CT molecular complexity index is 1050. The van der Waals surface area contributed by atoms with Crippen LogP contribution in [-0.4, -0.2) is 41.9 Å². The monoisotopic (exact) mass is 654 g/mol. The van der Waals surface area contributed by atoms with E-state index in [-0.39, 0.29) is 22.6 Å².